The molecule has 1 heterocycles. The van der Waals surface area contributed by atoms with Crippen LogP contribution >= 0.6 is 0 Å². The molecule has 2 heteroatoms. The molecular formula is C63H43NO. The van der Waals surface area contributed by atoms with Crippen LogP contribution in [0.1, 0.15) is 25.0 Å². The maximum Gasteiger partial charge on any atom is 0.136 e. The van der Waals surface area contributed by atoms with E-state index >= 15 is 0 Å². The molecule has 1 aliphatic rings. The van der Waals surface area contributed by atoms with Gasteiger partial charge < -0.3 is 9.32 Å². The van der Waals surface area contributed by atoms with Crippen molar-refractivity contribution in [2.24, 2.45) is 0 Å². The third-order valence-corrected chi connectivity index (χ3v) is 14.1. The van der Waals surface area contributed by atoms with Gasteiger partial charge in [-0.1, -0.05) is 184 Å². The van der Waals surface area contributed by atoms with E-state index in [1.807, 2.05) is 0 Å². The number of fused-ring (bicyclic) bond motifs is 13. The maximum absolute atomic E-state index is 6.45. The topological polar surface area (TPSA) is 16.4 Å². The highest BCUT2D eigenvalue weighted by molar-refractivity contribution is 6.34. The van der Waals surface area contributed by atoms with Gasteiger partial charge in [0, 0.05) is 38.5 Å². The second-order valence-corrected chi connectivity index (χ2v) is 18.0. The Morgan fingerprint density at radius 3 is 1.65 bits per heavy atom. The van der Waals surface area contributed by atoms with Gasteiger partial charge in [0.25, 0.3) is 0 Å². The number of furan rings is 1. The van der Waals surface area contributed by atoms with Crippen LogP contribution in [0.25, 0.3) is 98.8 Å². The molecule has 0 aliphatic heterocycles. The molecule has 0 fully saturated rings. The van der Waals surface area contributed by atoms with E-state index in [1.165, 1.54) is 82.2 Å². The molecule has 0 spiro atoms. The third-order valence-electron chi connectivity index (χ3n) is 14.1. The van der Waals surface area contributed by atoms with Crippen LogP contribution in [0.2, 0.25) is 0 Å². The molecule has 0 unspecified atom stereocenters. The van der Waals surface area contributed by atoms with Crippen LogP contribution in [0.15, 0.2) is 229 Å². The van der Waals surface area contributed by atoms with Gasteiger partial charge in [-0.25, -0.2) is 0 Å². The van der Waals surface area contributed by atoms with Crippen molar-refractivity contribution in [3.05, 3.63) is 236 Å². The van der Waals surface area contributed by atoms with E-state index in [0.717, 1.165) is 44.7 Å². The molecular weight excluding hydrogens is 787 g/mol. The number of nitrogens with zero attached hydrogens (tertiary/aromatic N) is 1. The predicted octanol–water partition coefficient (Wildman–Crippen LogP) is 17.8. The van der Waals surface area contributed by atoms with Crippen LogP contribution in [-0.2, 0) is 5.41 Å². The van der Waals surface area contributed by atoms with Gasteiger partial charge in [0.1, 0.15) is 11.2 Å². The summed E-state index contributed by atoms with van der Waals surface area (Å²) in [6.07, 6.45) is 0. The van der Waals surface area contributed by atoms with E-state index < -0.39 is 0 Å². The molecule has 0 radical (unpaired) electrons. The molecule has 11 aromatic carbocycles. The van der Waals surface area contributed by atoms with Crippen LogP contribution < -0.4 is 4.90 Å². The highest BCUT2D eigenvalue weighted by Gasteiger charge is 2.36. The molecule has 0 atom stereocenters. The van der Waals surface area contributed by atoms with Gasteiger partial charge in [0.15, 0.2) is 0 Å². The maximum atomic E-state index is 6.45. The number of rotatable bonds is 6. The summed E-state index contributed by atoms with van der Waals surface area (Å²) in [5.41, 5.74) is 17.5. The zero-order chi connectivity index (χ0) is 43.2. The summed E-state index contributed by atoms with van der Waals surface area (Å²) >= 11 is 0. The van der Waals surface area contributed by atoms with E-state index in [9.17, 15) is 0 Å². The Balaban J connectivity index is 0.993. The average Bonchev–Trinajstić information content (AvgIpc) is 3.86. The SMILES string of the molecule is CC1(C)c2ccccc2-c2ccc(N(c3ccc(-c4ccc(-c5ccccc5)cc4)cc3)c3ccccc3-c3ccc4c5ccccc5c5c(ccc6oc7ccccc7c65)c4c3)cc21. The lowest BCUT2D eigenvalue weighted by molar-refractivity contribution is 0.660. The summed E-state index contributed by atoms with van der Waals surface area (Å²) in [7, 11) is 0. The summed E-state index contributed by atoms with van der Waals surface area (Å²) in [6.45, 7) is 4.72. The van der Waals surface area contributed by atoms with Gasteiger partial charge in [-0.2, -0.15) is 0 Å². The van der Waals surface area contributed by atoms with Gasteiger partial charge in [0.2, 0.25) is 0 Å². The molecule has 1 aromatic heterocycles. The summed E-state index contributed by atoms with van der Waals surface area (Å²) in [5, 5.41) is 9.72. The fourth-order valence-electron chi connectivity index (χ4n) is 10.9. The van der Waals surface area contributed by atoms with Crippen molar-refractivity contribution in [3.63, 3.8) is 0 Å². The van der Waals surface area contributed by atoms with Crippen molar-refractivity contribution in [1.82, 2.24) is 0 Å². The van der Waals surface area contributed by atoms with Crippen molar-refractivity contribution in [3.8, 4) is 44.5 Å². The van der Waals surface area contributed by atoms with Gasteiger partial charge >= 0.3 is 0 Å². The molecule has 2 nitrogen and oxygen atoms in total. The molecule has 13 rings (SSSR count). The van der Waals surface area contributed by atoms with E-state index in [1.54, 1.807) is 0 Å². The van der Waals surface area contributed by atoms with Crippen molar-refractivity contribution in [1.29, 1.82) is 0 Å². The monoisotopic (exact) mass is 829 g/mol. The molecule has 65 heavy (non-hydrogen) atoms. The number of hydrogen-bond acceptors (Lipinski definition) is 2. The summed E-state index contributed by atoms with van der Waals surface area (Å²) < 4.78 is 6.45. The minimum atomic E-state index is -0.142. The zero-order valence-electron chi connectivity index (χ0n) is 36.2. The fraction of sp³-hybridized carbons (Fsp3) is 0.0476. The van der Waals surface area contributed by atoms with Crippen LogP contribution in [0, 0.1) is 0 Å². The van der Waals surface area contributed by atoms with Gasteiger partial charge in [0.05, 0.1) is 5.69 Å². The van der Waals surface area contributed by atoms with Crippen LogP contribution in [0.3, 0.4) is 0 Å². The molecule has 0 saturated carbocycles. The Kier molecular flexibility index (Phi) is 8.29. The average molecular weight is 830 g/mol. The Bertz CT molecular complexity index is 3840. The van der Waals surface area contributed by atoms with Crippen LogP contribution in [-0.4, -0.2) is 0 Å². The Labute approximate surface area is 378 Å². The summed E-state index contributed by atoms with van der Waals surface area (Å²) in [6, 6.07) is 82.2. The lowest BCUT2D eigenvalue weighted by Crippen LogP contribution is -2.16. The minimum absolute atomic E-state index is 0.142. The lowest BCUT2D eigenvalue weighted by atomic mass is 9.82. The van der Waals surface area contributed by atoms with E-state index in [4.69, 9.17) is 4.42 Å². The molecule has 12 aromatic rings. The second kappa shape index (κ2) is 14.4. The smallest absolute Gasteiger partial charge is 0.136 e. The Hall–Kier alpha value is -8.20. The summed E-state index contributed by atoms with van der Waals surface area (Å²) in [5.74, 6) is 0. The first kappa shape index (κ1) is 37.4. The summed E-state index contributed by atoms with van der Waals surface area (Å²) in [4.78, 5) is 2.46. The molecule has 0 bridgehead atoms. The van der Waals surface area contributed by atoms with E-state index in [-0.39, 0.29) is 5.41 Å². The molecule has 1 aliphatic carbocycles. The quantitative estimate of drug-likeness (QED) is 0.155. The highest BCUT2D eigenvalue weighted by atomic mass is 16.3. The normalized spacial score (nSPS) is 12.9. The van der Waals surface area contributed by atoms with Crippen molar-refractivity contribution < 1.29 is 4.42 Å². The number of anilines is 3. The van der Waals surface area contributed by atoms with Crippen LogP contribution in [0.5, 0.6) is 0 Å². The Morgan fingerprint density at radius 1 is 0.323 bits per heavy atom. The lowest BCUT2D eigenvalue weighted by Gasteiger charge is -2.30. The fourth-order valence-corrected chi connectivity index (χ4v) is 10.9. The molecule has 306 valence electrons. The largest absolute Gasteiger partial charge is 0.456 e. The second-order valence-electron chi connectivity index (χ2n) is 18.0. The zero-order valence-corrected chi connectivity index (χ0v) is 36.2. The van der Waals surface area contributed by atoms with Gasteiger partial charge in [-0.15, -0.1) is 0 Å². The number of benzene rings is 11. The first-order chi connectivity index (χ1) is 32.0. The number of para-hydroxylation sites is 2. The molecule has 0 N–H and O–H groups in total. The first-order valence-electron chi connectivity index (χ1n) is 22.6. The van der Waals surface area contributed by atoms with E-state index in [2.05, 4.69) is 243 Å². The van der Waals surface area contributed by atoms with Gasteiger partial charge in [-0.05, 0) is 132 Å². The van der Waals surface area contributed by atoms with Crippen LogP contribution in [0.4, 0.5) is 17.1 Å². The van der Waals surface area contributed by atoms with Crippen molar-refractivity contribution >= 4 is 71.3 Å². The molecule has 0 saturated heterocycles. The van der Waals surface area contributed by atoms with Gasteiger partial charge in [-0.3, -0.25) is 0 Å². The molecule has 0 amide bonds. The van der Waals surface area contributed by atoms with Crippen molar-refractivity contribution in [2.75, 3.05) is 4.90 Å². The predicted molar refractivity (Wildman–Crippen MR) is 275 cm³/mol. The Morgan fingerprint density at radius 2 is 0.862 bits per heavy atom. The number of hydrogen-bond donors (Lipinski definition) is 0. The van der Waals surface area contributed by atoms with Crippen molar-refractivity contribution in [2.45, 2.75) is 19.3 Å². The third kappa shape index (κ3) is 5.81. The van der Waals surface area contributed by atoms with E-state index in [0.29, 0.717) is 0 Å². The first-order valence-corrected chi connectivity index (χ1v) is 22.6. The highest BCUT2D eigenvalue weighted by Crippen LogP contribution is 2.52. The minimum Gasteiger partial charge on any atom is -0.456 e. The standard InChI is InChI=1S/C63H43NO/c1-63(2)56-21-11-8-18-50(56)51-35-33-46(39-57(51)63)64(45-31-28-43(29-32-45)42-26-24-41(25-27-42)40-14-4-3-5-15-40)58-22-12-9-16-47(58)44-30-34-49-48-17-6-7-19-52(48)61-53(55(49)38-44)36-37-60-62(61)54-20-10-13-23-59(54)65-60/h3-39H,1-2H3.